The van der Waals surface area contributed by atoms with Crippen LogP contribution in [0.15, 0.2) is 36.0 Å². The molecule has 8 heteroatoms. The van der Waals surface area contributed by atoms with E-state index in [2.05, 4.69) is 31.3 Å². The fraction of sp³-hybridized carbons (Fsp3) is 0.692. The van der Waals surface area contributed by atoms with Crippen LogP contribution in [0.3, 0.4) is 0 Å². The fourth-order valence-corrected chi connectivity index (χ4v) is 4.80. The number of hydrogen-bond donors (Lipinski definition) is 3. The number of aliphatic hydroxyl groups is 1. The van der Waals surface area contributed by atoms with Gasteiger partial charge in [-0.3, -0.25) is 9.59 Å². The van der Waals surface area contributed by atoms with Gasteiger partial charge >= 0.3 is 0 Å². The third kappa shape index (κ3) is 8.05. The first kappa shape index (κ1) is 26.6. The zero-order chi connectivity index (χ0) is 24.9. The van der Waals surface area contributed by atoms with Gasteiger partial charge in [0.15, 0.2) is 0 Å². The van der Waals surface area contributed by atoms with Crippen molar-refractivity contribution in [2.24, 2.45) is 11.7 Å². The molecule has 0 radical (unpaired) electrons. The molecule has 3 rings (SSSR count). The van der Waals surface area contributed by atoms with Crippen molar-refractivity contribution in [1.29, 1.82) is 0 Å². The number of rotatable bonds is 9. The summed E-state index contributed by atoms with van der Waals surface area (Å²) >= 11 is 0. The lowest BCUT2D eigenvalue weighted by Crippen LogP contribution is -2.50. The molecule has 1 unspecified atom stereocenters. The Morgan fingerprint density at radius 2 is 1.97 bits per heavy atom. The van der Waals surface area contributed by atoms with Gasteiger partial charge in [-0.25, -0.2) is 0 Å². The highest BCUT2D eigenvalue weighted by Crippen LogP contribution is 2.43. The first-order valence-corrected chi connectivity index (χ1v) is 12.3. The Hall–Kier alpha value is -2.00. The monoisotopic (exact) mass is 476 g/mol. The topological polar surface area (TPSA) is 123 Å². The van der Waals surface area contributed by atoms with Crippen LogP contribution in [0.1, 0.15) is 59.8 Å². The molecule has 0 aromatic rings. The molecule has 190 valence electrons. The van der Waals surface area contributed by atoms with Crippen LogP contribution in [-0.4, -0.2) is 65.7 Å². The molecule has 1 spiro atoms. The molecule has 3 heterocycles. The number of primary amides is 1. The zero-order valence-electron chi connectivity index (χ0n) is 20.7. The summed E-state index contributed by atoms with van der Waals surface area (Å²) in [7, 11) is 0. The largest absolute Gasteiger partial charge is 0.389 e. The maximum atomic E-state index is 12.1. The molecule has 0 bridgehead atoms. The van der Waals surface area contributed by atoms with Gasteiger partial charge in [-0.2, -0.15) is 0 Å². The van der Waals surface area contributed by atoms with E-state index in [4.69, 9.17) is 19.9 Å². The van der Waals surface area contributed by atoms with Crippen LogP contribution < -0.4 is 11.1 Å². The van der Waals surface area contributed by atoms with Crippen LogP contribution in [0.25, 0.3) is 0 Å². The van der Waals surface area contributed by atoms with Gasteiger partial charge in [-0.15, -0.1) is 0 Å². The van der Waals surface area contributed by atoms with E-state index < -0.39 is 6.10 Å². The quantitative estimate of drug-likeness (QED) is 0.267. The lowest BCUT2D eigenvalue weighted by Gasteiger charge is -2.39. The smallest absolute Gasteiger partial charge is 0.244 e. The Morgan fingerprint density at radius 1 is 1.24 bits per heavy atom. The van der Waals surface area contributed by atoms with Gasteiger partial charge < -0.3 is 30.4 Å². The normalized spacial score (nSPS) is 37.3. The number of carbonyl (C=O) groups is 2. The lowest BCUT2D eigenvalue weighted by molar-refractivity contribution is -0.125. The van der Waals surface area contributed by atoms with Crippen LogP contribution in [0, 0.1) is 5.92 Å². The Kier molecular flexibility index (Phi) is 9.09. The van der Waals surface area contributed by atoms with E-state index >= 15 is 0 Å². The van der Waals surface area contributed by atoms with Crippen LogP contribution in [0.2, 0.25) is 0 Å². The van der Waals surface area contributed by atoms with Gasteiger partial charge in [0.1, 0.15) is 0 Å². The Bertz CT molecular complexity index is 816. The van der Waals surface area contributed by atoms with E-state index in [9.17, 15) is 14.7 Å². The van der Waals surface area contributed by atoms with E-state index in [0.717, 1.165) is 37.9 Å². The van der Waals surface area contributed by atoms with Crippen molar-refractivity contribution >= 4 is 11.8 Å². The zero-order valence-corrected chi connectivity index (χ0v) is 20.7. The molecule has 3 aliphatic heterocycles. The van der Waals surface area contributed by atoms with Gasteiger partial charge in [0.05, 0.1) is 55.2 Å². The molecule has 0 saturated carbocycles. The second-order valence-electron chi connectivity index (χ2n) is 10.2. The van der Waals surface area contributed by atoms with Crippen LogP contribution in [0.4, 0.5) is 0 Å². The van der Waals surface area contributed by atoms with Crippen LogP contribution in [-0.2, 0) is 23.8 Å². The van der Waals surface area contributed by atoms with Crippen molar-refractivity contribution in [1.82, 2.24) is 5.32 Å². The third-order valence-electron chi connectivity index (χ3n) is 6.84. The maximum absolute atomic E-state index is 12.1. The molecule has 3 saturated heterocycles. The molecular weight excluding hydrogens is 436 g/mol. The molecule has 0 aliphatic carbocycles. The highest BCUT2D eigenvalue weighted by Gasteiger charge is 2.51. The van der Waals surface area contributed by atoms with Crippen molar-refractivity contribution in [2.45, 2.75) is 102 Å². The maximum Gasteiger partial charge on any atom is 0.244 e. The first-order chi connectivity index (χ1) is 16.0. The van der Waals surface area contributed by atoms with Crippen molar-refractivity contribution in [3.05, 3.63) is 36.0 Å². The summed E-state index contributed by atoms with van der Waals surface area (Å²) in [5.41, 5.74) is 6.33. The third-order valence-corrected chi connectivity index (χ3v) is 6.84. The van der Waals surface area contributed by atoms with Crippen LogP contribution in [0.5, 0.6) is 0 Å². The predicted octanol–water partition coefficient (Wildman–Crippen LogP) is 2.31. The molecule has 3 fully saturated rings. The summed E-state index contributed by atoms with van der Waals surface area (Å²) in [6.45, 7) is 8.51. The number of aliphatic hydroxyl groups excluding tert-OH is 1. The lowest BCUT2D eigenvalue weighted by atomic mass is 9.88. The van der Waals surface area contributed by atoms with E-state index in [1.54, 1.807) is 6.92 Å². The second-order valence-corrected chi connectivity index (χ2v) is 10.2. The van der Waals surface area contributed by atoms with Crippen LogP contribution >= 0.6 is 0 Å². The van der Waals surface area contributed by atoms with Gasteiger partial charge in [0.25, 0.3) is 0 Å². The molecule has 0 aromatic heterocycles. The first-order valence-electron chi connectivity index (χ1n) is 12.3. The van der Waals surface area contributed by atoms with Gasteiger partial charge in [0, 0.05) is 18.9 Å². The summed E-state index contributed by atoms with van der Waals surface area (Å²) < 4.78 is 17.9. The van der Waals surface area contributed by atoms with Crippen molar-refractivity contribution in [3.63, 3.8) is 0 Å². The Morgan fingerprint density at radius 3 is 2.62 bits per heavy atom. The number of carbonyl (C=O) groups excluding carboxylic acids is 2. The van der Waals surface area contributed by atoms with E-state index in [1.807, 2.05) is 13.0 Å². The number of epoxide rings is 1. The van der Waals surface area contributed by atoms with Crippen molar-refractivity contribution in [3.8, 4) is 0 Å². The van der Waals surface area contributed by atoms with Gasteiger partial charge in [-0.1, -0.05) is 36.8 Å². The fourth-order valence-electron chi connectivity index (χ4n) is 4.80. The average Bonchev–Trinajstić information content (AvgIpc) is 3.49. The number of allylic oxidation sites excluding steroid dienone is 2. The van der Waals surface area contributed by atoms with Gasteiger partial charge in [-0.05, 0) is 39.5 Å². The van der Waals surface area contributed by atoms with Gasteiger partial charge in [0.2, 0.25) is 11.8 Å². The molecule has 3 aliphatic rings. The number of amides is 2. The molecule has 8 atom stereocenters. The summed E-state index contributed by atoms with van der Waals surface area (Å²) in [4.78, 5) is 23.4. The minimum atomic E-state index is -0.650. The molecular formula is C26H40N2O6. The molecule has 2 amide bonds. The van der Waals surface area contributed by atoms with Crippen molar-refractivity contribution < 1.29 is 28.9 Å². The summed E-state index contributed by atoms with van der Waals surface area (Å²) in [6, 6.07) is -0.0591. The average molecular weight is 477 g/mol. The van der Waals surface area contributed by atoms with E-state index in [1.165, 1.54) is 12.2 Å². The van der Waals surface area contributed by atoms with Crippen molar-refractivity contribution in [2.75, 3.05) is 6.61 Å². The Labute approximate surface area is 202 Å². The van der Waals surface area contributed by atoms with E-state index in [-0.39, 0.29) is 54.3 Å². The molecule has 4 N–H and O–H groups in total. The molecule has 0 aromatic carbocycles. The summed E-state index contributed by atoms with van der Waals surface area (Å²) in [6.07, 6.45) is 11.5. The number of nitrogens with one attached hydrogen (secondary N) is 1. The Balaban J connectivity index is 1.49. The highest BCUT2D eigenvalue weighted by atomic mass is 16.6. The standard InChI is InChI=1S/C26H40N2O6/c1-16(5-8-20-13-26(15-32-26)14-21(34-20)12-24(27)30)6-9-23-17(2)11-22(19(4)33-23)28-25(31)10-7-18(3)29/h5-8,10,17-23,29H,9,11-15H2,1-4H3,(H2,27,30)(H,28,31)/b8-5+,10-7?,16-6+/t17-,18?,19+,20+,21+,22+,23-,26+/m0/s1. The second kappa shape index (κ2) is 11.6. The summed E-state index contributed by atoms with van der Waals surface area (Å²) in [5.74, 6) is -0.275. The van der Waals surface area contributed by atoms with E-state index in [0.29, 0.717) is 5.92 Å². The SMILES string of the molecule is CC(/C=C/[C@@H]1C[C@]2(CO2)C[C@@H](CC(N)=O)O1)=C\C[C@@H]1O[C@H](C)[C@H](NC(=O)C=CC(C)O)C[C@@H]1C. The number of ether oxygens (including phenoxy) is 3. The predicted molar refractivity (Wildman–Crippen MR) is 129 cm³/mol. The minimum absolute atomic E-state index is 0.0591. The highest BCUT2D eigenvalue weighted by molar-refractivity contribution is 5.87. The summed E-state index contributed by atoms with van der Waals surface area (Å²) in [5, 5.41) is 12.3. The number of hydrogen-bond acceptors (Lipinski definition) is 6. The number of nitrogens with two attached hydrogens (primary N) is 1. The molecule has 8 nitrogen and oxygen atoms in total. The molecule has 34 heavy (non-hydrogen) atoms. The minimum Gasteiger partial charge on any atom is -0.389 e.